The van der Waals surface area contributed by atoms with Gasteiger partial charge in [-0.2, -0.15) is 0 Å². The van der Waals surface area contributed by atoms with Crippen molar-refractivity contribution in [3.63, 3.8) is 0 Å². The second kappa shape index (κ2) is 5.10. The van der Waals surface area contributed by atoms with Crippen LogP contribution in [0.3, 0.4) is 0 Å². The molecule has 1 aromatic heterocycles. The third-order valence-electron chi connectivity index (χ3n) is 4.23. The second-order valence-corrected chi connectivity index (χ2v) is 5.96. The molecule has 0 aliphatic rings. The number of fused-ring (bicyclic) bond motifs is 2. The van der Waals surface area contributed by atoms with Crippen LogP contribution in [0.1, 0.15) is 11.1 Å². The number of rotatable bonds is 1. The van der Waals surface area contributed by atoms with Crippen molar-refractivity contribution in [2.75, 3.05) is 0 Å². The highest BCUT2D eigenvalue weighted by atomic mass is 16.3. The van der Waals surface area contributed by atoms with Crippen LogP contribution < -0.4 is 5.43 Å². The van der Waals surface area contributed by atoms with Gasteiger partial charge in [-0.1, -0.05) is 48.5 Å². The van der Waals surface area contributed by atoms with E-state index in [1.165, 1.54) is 0 Å². The lowest BCUT2D eigenvalue weighted by atomic mass is 10.0. The third-order valence-corrected chi connectivity index (χ3v) is 4.23. The maximum Gasteiger partial charge on any atom is 0.193 e. The van der Waals surface area contributed by atoms with Gasteiger partial charge in [-0.15, -0.1) is 0 Å². The van der Waals surface area contributed by atoms with Gasteiger partial charge in [0.25, 0.3) is 0 Å². The minimum atomic E-state index is 0.00619. The maximum atomic E-state index is 12.6. The summed E-state index contributed by atoms with van der Waals surface area (Å²) in [6, 6.07) is 19.7. The van der Waals surface area contributed by atoms with E-state index in [9.17, 15) is 4.79 Å². The zero-order chi connectivity index (χ0) is 16.0. The fraction of sp³-hybridized carbons (Fsp3) is 0.0952. The van der Waals surface area contributed by atoms with Crippen LogP contribution in [-0.4, -0.2) is 0 Å². The number of benzene rings is 3. The highest BCUT2D eigenvalue weighted by molar-refractivity contribution is 5.96. The summed E-state index contributed by atoms with van der Waals surface area (Å²) in [5, 5.41) is 2.88. The summed E-state index contributed by atoms with van der Waals surface area (Å²) in [5.41, 5.74) is 3.65. The Hall–Kier alpha value is -2.87. The van der Waals surface area contributed by atoms with Crippen LogP contribution in [0.4, 0.5) is 0 Å². The molecule has 0 amide bonds. The molecule has 0 bridgehead atoms. The van der Waals surface area contributed by atoms with Gasteiger partial charge in [-0.05, 0) is 41.8 Å². The Bertz CT molecular complexity index is 1100. The van der Waals surface area contributed by atoms with Crippen molar-refractivity contribution in [3.05, 3.63) is 82.0 Å². The predicted octanol–water partition coefficient (Wildman–Crippen LogP) is 5.23. The minimum Gasteiger partial charge on any atom is -0.456 e. The maximum absolute atomic E-state index is 12.6. The minimum absolute atomic E-state index is 0.00619. The van der Waals surface area contributed by atoms with E-state index in [0.717, 1.165) is 27.5 Å². The van der Waals surface area contributed by atoms with E-state index in [-0.39, 0.29) is 5.43 Å². The number of hydrogen-bond donors (Lipinski definition) is 0. The normalized spacial score (nSPS) is 11.2. The molecular weight excluding hydrogens is 284 g/mol. The molecule has 0 unspecified atom stereocenters. The van der Waals surface area contributed by atoms with Crippen molar-refractivity contribution in [1.82, 2.24) is 0 Å². The average Bonchev–Trinajstić information content (AvgIpc) is 2.53. The van der Waals surface area contributed by atoms with Gasteiger partial charge < -0.3 is 4.42 Å². The molecule has 0 saturated heterocycles. The Kier molecular flexibility index (Phi) is 3.05. The Balaban J connectivity index is 2.08. The fourth-order valence-corrected chi connectivity index (χ4v) is 3.24. The van der Waals surface area contributed by atoms with E-state index in [1.54, 1.807) is 6.07 Å². The first-order valence-corrected chi connectivity index (χ1v) is 7.67. The third kappa shape index (κ3) is 2.23. The Morgan fingerprint density at radius 2 is 1.65 bits per heavy atom. The molecular formula is C21H16O2. The van der Waals surface area contributed by atoms with Crippen LogP contribution in [0.2, 0.25) is 0 Å². The molecule has 0 aliphatic carbocycles. The molecule has 0 radical (unpaired) electrons. The van der Waals surface area contributed by atoms with Crippen molar-refractivity contribution in [2.45, 2.75) is 13.8 Å². The first-order chi connectivity index (χ1) is 11.1. The van der Waals surface area contributed by atoms with E-state index >= 15 is 0 Å². The number of hydrogen-bond acceptors (Lipinski definition) is 2. The summed E-state index contributed by atoms with van der Waals surface area (Å²) in [5.74, 6) is 0.615. The summed E-state index contributed by atoms with van der Waals surface area (Å²) in [6.07, 6.45) is 0. The topological polar surface area (TPSA) is 30.2 Å². The summed E-state index contributed by atoms with van der Waals surface area (Å²) in [7, 11) is 0. The highest BCUT2D eigenvalue weighted by Crippen LogP contribution is 2.30. The SMILES string of the molecule is Cc1cc(C)c2c(=O)cc(-c3cccc4ccccc34)oc2c1. The lowest BCUT2D eigenvalue weighted by Gasteiger charge is -2.08. The zero-order valence-corrected chi connectivity index (χ0v) is 13.1. The van der Waals surface area contributed by atoms with Crippen LogP contribution in [0.25, 0.3) is 33.1 Å². The van der Waals surface area contributed by atoms with Gasteiger partial charge in [0.2, 0.25) is 0 Å². The number of aryl methyl sites for hydroxylation is 2. The average molecular weight is 300 g/mol. The molecule has 0 atom stereocenters. The van der Waals surface area contributed by atoms with E-state index < -0.39 is 0 Å². The van der Waals surface area contributed by atoms with Crippen LogP contribution in [-0.2, 0) is 0 Å². The molecule has 112 valence electrons. The van der Waals surface area contributed by atoms with E-state index in [0.29, 0.717) is 16.7 Å². The molecule has 23 heavy (non-hydrogen) atoms. The van der Waals surface area contributed by atoms with Gasteiger partial charge in [0, 0.05) is 11.6 Å². The van der Waals surface area contributed by atoms with Crippen molar-refractivity contribution in [1.29, 1.82) is 0 Å². The summed E-state index contributed by atoms with van der Waals surface area (Å²) >= 11 is 0. The molecule has 0 fully saturated rings. The van der Waals surface area contributed by atoms with Gasteiger partial charge in [0.1, 0.15) is 11.3 Å². The molecule has 0 N–H and O–H groups in total. The zero-order valence-electron chi connectivity index (χ0n) is 13.1. The molecule has 2 nitrogen and oxygen atoms in total. The first kappa shape index (κ1) is 13.8. The van der Waals surface area contributed by atoms with Crippen molar-refractivity contribution in [2.24, 2.45) is 0 Å². The quantitative estimate of drug-likeness (QED) is 0.482. The van der Waals surface area contributed by atoms with Crippen molar-refractivity contribution >= 4 is 21.7 Å². The summed E-state index contributed by atoms with van der Waals surface area (Å²) in [4.78, 5) is 12.6. The molecule has 4 rings (SSSR count). The van der Waals surface area contributed by atoms with E-state index in [4.69, 9.17) is 4.42 Å². The molecule has 3 aromatic carbocycles. The monoisotopic (exact) mass is 300 g/mol. The second-order valence-electron chi connectivity index (χ2n) is 5.96. The first-order valence-electron chi connectivity index (χ1n) is 7.67. The Labute approximate surface area is 134 Å². The Morgan fingerprint density at radius 3 is 2.52 bits per heavy atom. The van der Waals surface area contributed by atoms with Gasteiger partial charge in [-0.3, -0.25) is 4.79 Å². The summed E-state index contributed by atoms with van der Waals surface area (Å²) < 4.78 is 6.10. The van der Waals surface area contributed by atoms with Gasteiger partial charge in [0.15, 0.2) is 5.43 Å². The van der Waals surface area contributed by atoms with Gasteiger partial charge in [-0.25, -0.2) is 0 Å². The highest BCUT2D eigenvalue weighted by Gasteiger charge is 2.11. The van der Waals surface area contributed by atoms with Gasteiger partial charge in [0.05, 0.1) is 5.39 Å². The predicted molar refractivity (Wildman–Crippen MR) is 94.9 cm³/mol. The van der Waals surface area contributed by atoms with Crippen LogP contribution >= 0.6 is 0 Å². The van der Waals surface area contributed by atoms with Crippen LogP contribution in [0.5, 0.6) is 0 Å². The molecule has 0 aliphatic heterocycles. The largest absolute Gasteiger partial charge is 0.456 e. The molecule has 2 heteroatoms. The van der Waals surface area contributed by atoms with Crippen molar-refractivity contribution in [3.8, 4) is 11.3 Å². The molecule has 1 heterocycles. The standard InChI is InChI=1S/C21H16O2/c1-13-10-14(2)21-18(22)12-19(23-20(21)11-13)17-9-5-7-15-6-3-4-8-16(15)17/h3-12H,1-2H3. The fourth-order valence-electron chi connectivity index (χ4n) is 3.24. The molecule has 0 spiro atoms. The molecule has 0 saturated carbocycles. The van der Waals surface area contributed by atoms with Gasteiger partial charge >= 0.3 is 0 Å². The summed E-state index contributed by atoms with van der Waals surface area (Å²) in [6.45, 7) is 3.96. The van der Waals surface area contributed by atoms with Crippen LogP contribution in [0, 0.1) is 13.8 Å². The Morgan fingerprint density at radius 1 is 0.870 bits per heavy atom. The lowest BCUT2D eigenvalue weighted by Crippen LogP contribution is -2.03. The van der Waals surface area contributed by atoms with E-state index in [1.807, 2.05) is 50.2 Å². The smallest absolute Gasteiger partial charge is 0.193 e. The molecule has 4 aromatic rings. The lowest BCUT2D eigenvalue weighted by molar-refractivity contribution is 0.619. The van der Waals surface area contributed by atoms with Crippen LogP contribution in [0.15, 0.2) is 69.9 Å². The van der Waals surface area contributed by atoms with E-state index in [2.05, 4.69) is 18.2 Å². The van der Waals surface area contributed by atoms with Crippen molar-refractivity contribution < 1.29 is 4.42 Å².